The van der Waals surface area contributed by atoms with Gasteiger partial charge in [-0.1, -0.05) is 33.1 Å². The Bertz CT molecular complexity index is 181. The fourth-order valence-corrected chi connectivity index (χ4v) is 3.53. The molecule has 0 saturated heterocycles. The van der Waals surface area contributed by atoms with Gasteiger partial charge in [0, 0.05) is 0 Å². The van der Waals surface area contributed by atoms with Crippen LogP contribution in [-0.4, -0.2) is 10.7 Å². The molecule has 0 bridgehead atoms. The largest absolute Gasteiger partial charge is 0.390 e. The average molecular weight is 182 g/mol. The smallest absolute Gasteiger partial charge is 0.0686 e. The molecule has 0 aliphatic heterocycles. The summed E-state index contributed by atoms with van der Waals surface area (Å²) in [6.07, 6.45) is 8.67. The molecule has 1 nitrogen and oxygen atoms in total. The van der Waals surface area contributed by atoms with Crippen molar-refractivity contribution in [2.75, 3.05) is 0 Å². The predicted molar refractivity (Wildman–Crippen MR) is 54.5 cm³/mol. The zero-order chi connectivity index (χ0) is 9.53. The van der Waals surface area contributed by atoms with Gasteiger partial charge in [-0.15, -0.1) is 0 Å². The van der Waals surface area contributed by atoms with Crippen LogP contribution >= 0.6 is 0 Å². The third-order valence-corrected chi connectivity index (χ3v) is 3.93. The van der Waals surface area contributed by atoms with Gasteiger partial charge in [-0.05, 0) is 37.0 Å². The Balaban J connectivity index is 1.93. The van der Waals surface area contributed by atoms with Crippen LogP contribution in [0.4, 0.5) is 0 Å². The first-order valence-electron chi connectivity index (χ1n) is 5.74. The molecule has 2 rings (SSSR count). The maximum Gasteiger partial charge on any atom is 0.0686 e. The Morgan fingerprint density at radius 1 is 1.00 bits per heavy atom. The van der Waals surface area contributed by atoms with E-state index in [2.05, 4.69) is 13.8 Å². The van der Waals surface area contributed by atoms with Gasteiger partial charge < -0.3 is 5.11 Å². The van der Waals surface area contributed by atoms with Crippen molar-refractivity contribution in [1.82, 2.24) is 0 Å². The van der Waals surface area contributed by atoms with Gasteiger partial charge in [0.05, 0.1) is 5.60 Å². The minimum atomic E-state index is -0.274. The van der Waals surface area contributed by atoms with Gasteiger partial charge in [0.1, 0.15) is 0 Å². The van der Waals surface area contributed by atoms with Crippen molar-refractivity contribution in [2.24, 2.45) is 11.3 Å². The van der Waals surface area contributed by atoms with Crippen LogP contribution < -0.4 is 0 Å². The number of hydrogen-bond donors (Lipinski definition) is 1. The third-order valence-electron chi connectivity index (χ3n) is 3.93. The molecule has 0 spiro atoms. The van der Waals surface area contributed by atoms with Crippen LogP contribution in [0.25, 0.3) is 0 Å². The summed E-state index contributed by atoms with van der Waals surface area (Å²) in [5.41, 5.74) is 0.135. The molecule has 0 aromatic rings. The van der Waals surface area contributed by atoms with Gasteiger partial charge >= 0.3 is 0 Å². The minimum Gasteiger partial charge on any atom is -0.390 e. The lowest BCUT2D eigenvalue weighted by molar-refractivity contribution is -0.157. The molecule has 0 radical (unpaired) electrons. The van der Waals surface area contributed by atoms with E-state index < -0.39 is 0 Å². The van der Waals surface area contributed by atoms with Crippen LogP contribution in [0.3, 0.4) is 0 Å². The van der Waals surface area contributed by atoms with Crippen LogP contribution in [0.15, 0.2) is 0 Å². The van der Waals surface area contributed by atoms with E-state index in [9.17, 15) is 5.11 Å². The van der Waals surface area contributed by atoms with Crippen LogP contribution in [0.5, 0.6) is 0 Å². The first-order chi connectivity index (χ1) is 6.02. The van der Waals surface area contributed by atoms with E-state index in [1.165, 1.54) is 32.1 Å². The first kappa shape index (κ1) is 9.51. The summed E-state index contributed by atoms with van der Waals surface area (Å²) in [6, 6.07) is 0. The Hall–Kier alpha value is -0.0400. The maximum atomic E-state index is 10.4. The molecular formula is C12H22O. The van der Waals surface area contributed by atoms with Crippen molar-refractivity contribution in [3.63, 3.8) is 0 Å². The van der Waals surface area contributed by atoms with Gasteiger partial charge in [-0.25, -0.2) is 0 Å². The fourth-order valence-electron chi connectivity index (χ4n) is 3.53. The maximum absolute atomic E-state index is 10.4. The fraction of sp³-hybridized carbons (Fsp3) is 1.00. The molecule has 0 heterocycles. The number of hydrogen-bond acceptors (Lipinski definition) is 1. The third kappa shape index (κ3) is 1.76. The highest BCUT2D eigenvalue weighted by atomic mass is 16.3. The van der Waals surface area contributed by atoms with E-state index in [1.54, 1.807) is 0 Å². The Kier molecular flexibility index (Phi) is 2.18. The predicted octanol–water partition coefficient (Wildman–Crippen LogP) is 3.12. The molecule has 0 unspecified atom stereocenters. The van der Waals surface area contributed by atoms with Crippen molar-refractivity contribution >= 4 is 0 Å². The van der Waals surface area contributed by atoms with E-state index in [-0.39, 0.29) is 5.60 Å². The summed E-state index contributed by atoms with van der Waals surface area (Å²) < 4.78 is 0. The second-order valence-electron chi connectivity index (χ2n) is 5.96. The second-order valence-corrected chi connectivity index (χ2v) is 5.96. The van der Waals surface area contributed by atoms with Gasteiger partial charge in [0.2, 0.25) is 0 Å². The zero-order valence-corrected chi connectivity index (χ0v) is 8.97. The molecule has 76 valence electrons. The zero-order valence-electron chi connectivity index (χ0n) is 8.97. The highest BCUT2D eigenvalue weighted by Crippen LogP contribution is 2.54. The number of aliphatic hydroxyl groups is 1. The van der Waals surface area contributed by atoms with E-state index in [0.29, 0.717) is 11.3 Å². The van der Waals surface area contributed by atoms with E-state index in [1.807, 2.05) is 0 Å². The van der Waals surface area contributed by atoms with Gasteiger partial charge in [-0.3, -0.25) is 0 Å². The molecule has 1 heteroatoms. The lowest BCUT2D eigenvalue weighted by atomic mass is 9.55. The molecule has 13 heavy (non-hydrogen) atoms. The monoisotopic (exact) mass is 182 g/mol. The van der Waals surface area contributed by atoms with Crippen LogP contribution in [-0.2, 0) is 0 Å². The number of rotatable bonds is 1. The molecule has 2 aliphatic rings. The van der Waals surface area contributed by atoms with Crippen molar-refractivity contribution in [2.45, 2.75) is 64.4 Å². The molecule has 0 aromatic heterocycles. The molecule has 2 aliphatic carbocycles. The molecule has 1 N–H and O–H groups in total. The molecule has 0 aromatic carbocycles. The topological polar surface area (TPSA) is 20.2 Å². The van der Waals surface area contributed by atoms with Gasteiger partial charge in [0.15, 0.2) is 0 Å². The molecule has 0 amide bonds. The standard InChI is InChI=1S/C12H22O/c1-11(2)8-12(13,9-11)10-6-4-3-5-7-10/h10,13H,3-9H2,1-2H3. The van der Waals surface area contributed by atoms with Crippen molar-refractivity contribution in [1.29, 1.82) is 0 Å². The van der Waals surface area contributed by atoms with E-state index in [4.69, 9.17) is 0 Å². The molecule has 2 saturated carbocycles. The van der Waals surface area contributed by atoms with Gasteiger partial charge in [0.25, 0.3) is 0 Å². The Morgan fingerprint density at radius 2 is 1.54 bits per heavy atom. The van der Waals surface area contributed by atoms with Gasteiger partial charge in [-0.2, -0.15) is 0 Å². The lowest BCUT2D eigenvalue weighted by Gasteiger charge is -2.54. The summed E-state index contributed by atoms with van der Waals surface area (Å²) in [6.45, 7) is 4.54. The normalized spacial score (nSPS) is 32.5. The van der Waals surface area contributed by atoms with Crippen LogP contribution in [0.2, 0.25) is 0 Å². The molecular weight excluding hydrogens is 160 g/mol. The quantitative estimate of drug-likeness (QED) is 0.660. The SMILES string of the molecule is CC1(C)CC(O)(C2CCCCC2)C1. The minimum absolute atomic E-state index is 0.274. The second kappa shape index (κ2) is 2.98. The lowest BCUT2D eigenvalue weighted by Crippen LogP contribution is -2.54. The Morgan fingerprint density at radius 3 is 2.00 bits per heavy atom. The summed E-state index contributed by atoms with van der Waals surface area (Å²) in [7, 11) is 0. The average Bonchev–Trinajstić information content (AvgIpc) is 2.02. The van der Waals surface area contributed by atoms with E-state index in [0.717, 1.165) is 12.8 Å². The summed E-state index contributed by atoms with van der Waals surface area (Å²) >= 11 is 0. The van der Waals surface area contributed by atoms with Crippen LogP contribution in [0, 0.1) is 11.3 Å². The summed E-state index contributed by atoms with van der Waals surface area (Å²) in [5.74, 6) is 0.620. The molecule has 2 fully saturated rings. The molecule has 0 atom stereocenters. The highest BCUT2D eigenvalue weighted by molar-refractivity contribution is 5.03. The van der Waals surface area contributed by atoms with Crippen LogP contribution in [0.1, 0.15) is 58.8 Å². The van der Waals surface area contributed by atoms with E-state index >= 15 is 0 Å². The Labute approximate surface area is 81.5 Å². The summed E-state index contributed by atoms with van der Waals surface area (Å²) in [4.78, 5) is 0. The first-order valence-corrected chi connectivity index (χ1v) is 5.74. The summed E-state index contributed by atoms with van der Waals surface area (Å²) in [5, 5.41) is 10.4. The highest BCUT2D eigenvalue weighted by Gasteiger charge is 2.52. The van der Waals surface area contributed by atoms with Crippen molar-refractivity contribution in [3.05, 3.63) is 0 Å². The van der Waals surface area contributed by atoms with Crippen molar-refractivity contribution in [3.8, 4) is 0 Å². The van der Waals surface area contributed by atoms with Crippen molar-refractivity contribution < 1.29 is 5.11 Å².